The van der Waals surface area contributed by atoms with E-state index in [1.165, 1.54) is 0 Å². The third-order valence-electron chi connectivity index (χ3n) is 4.24. The van der Waals surface area contributed by atoms with Gasteiger partial charge in [0.25, 0.3) is 0 Å². The molecular weight excluding hydrogens is 241 g/mol. The average Bonchev–Trinajstić information content (AvgIpc) is 2.66. The van der Waals surface area contributed by atoms with Crippen LogP contribution in [0.2, 0.25) is 16.6 Å². The molecule has 2 N–H and O–H groups in total. The van der Waals surface area contributed by atoms with Crippen LogP contribution in [0.5, 0.6) is 0 Å². The number of rotatable bonds is 5. The summed E-state index contributed by atoms with van der Waals surface area (Å²) in [6, 6.07) is 1.82. The summed E-state index contributed by atoms with van der Waals surface area (Å²) in [6.45, 7) is 13.8. The first-order chi connectivity index (χ1) is 8.24. The molecule has 0 saturated carbocycles. The average molecular weight is 267 g/mol. The van der Waals surface area contributed by atoms with Crippen LogP contribution in [0, 0.1) is 0 Å². The van der Waals surface area contributed by atoms with E-state index in [1.807, 2.05) is 18.5 Å². The van der Waals surface area contributed by atoms with Gasteiger partial charge in [-0.3, -0.25) is 0 Å². The molecule has 1 rings (SSSR count). The smallest absolute Gasteiger partial charge is 0.423 e. The van der Waals surface area contributed by atoms with Crippen LogP contribution in [0.15, 0.2) is 18.5 Å². The van der Waals surface area contributed by atoms with E-state index in [-0.39, 0.29) is 0 Å². The molecule has 0 saturated heterocycles. The Balaban J connectivity index is 3.33. The molecule has 0 radical (unpaired) electrons. The fraction of sp³-hybridized carbons (Fsp3) is 0.692. The molecule has 5 heteroatoms. The van der Waals surface area contributed by atoms with Crippen LogP contribution in [-0.4, -0.2) is 29.6 Å². The van der Waals surface area contributed by atoms with Crippen molar-refractivity contribution in [3.63, 3.8) is 0 Å². The third kappa shape index (κ3) is 2.44. The van der Waals surface area contributed by atoms with Gasteiger partial charge in [-0.15, -0.1) is 0 Å². The van der Waals surface area contributed by atoms with Gasteiger partial charge < -0.3 is 14.3 Å². The molecule has 1 aromatic heterocycles. The number of aromatic nitrogens is 1. The fourth-order valence-corrected chi connectivity index (χ4v) is 10.2. The fourth-order valence-electron chi connectivity index (χ4n) is 3.70. The van der Waals surface area contributed by atoms with Crippen molar-refractivity contribution < 1.29 is 10.0 Å². The summed E-state index contributed by atoms with van der Waals surface area (Å²) < 4.78 is 2.31. The quantitative estimate of drug-likeness (QED) is 0.803. The summed E-state index contributed by atoms with van der Waals surface area (Å²) in [7, 11) is -3.11. The zero-order valence-electron chi connectivity index (χ0n) is 12.4. The van der Waals surface area contributed by atoms with E-state index < -0.39 is 15.4 Å². The first-order valence-corrected chi connectivity index (χ1v) is 8.97. The molecule has 0 aromatic carbocycles. The summed E-state index contributed by atoms with van der Waals surface area (Å²) >= 11 is 0. The SMILES string of the molecule is CC(C)[Si](C(C)C)(C(C)C)n1ccc(B(O)O)c1. The molecule has 0 aliphatic carbocycles. The summed E-state index contributed by atoms with van der Waals surface area (Å²) in [6.07, 6.45) is 3.96. The normalized spacial score (nSPS) is 12.8. The van der Waals surface area contributed by atoms with Crippen LogP contribution in [0.3, 0.4) is 0 Å². The molecule has 1 heterocycles. The van der Waals surface area contributed by atoms with Gasteiger partial charge in [-0.25, -0.2) is 0 Å². The van der Waals surface area contributed by atoms with Gasteiger partial charge in [-0.05, 0) is 40.5 Å². The molecule has 3 nitrogen and oxygen atoms in total. The summed E-state index contributed by atoms with van der Waals surface area (Å²) in [5.74, 6) is 0. The van der Waals surface area contributed by atoms with Crippen LogP contribution in [-0.2, 0) is 0 Å². The van der Waals surface area contributed by atoms with Crippen molar-refractivity contribution in [2.45, 2.75) is 58.2 Å². The van der Waals surface area contributed by atoms with E-state index in [2.05, 4.69) is 45.8 Å². The van der Waals surface area contributed by atoms with Crippen molar-refractivity contribution in [1.29, 1.82) is 0 Å². The first kappa shape index (κ1) is 15.5. The predicted molar refractivity (Wildman–Crippen MR) is 80.7 cm³/mol. The van der Waals surface area contributed by atoms with Gasteiger partial charge in [0.15, 0.2) is 8.24 Å². The molecule has 0 spiro atoms. The lowest BCUT2D eigenvalue weighted by molar-refractivity contribution is 0.426. The van der Waals surface area contributed by atoms with Crippen LogP contribution >= 0.6 is 0 Å². The zero-order valence-corrected chi connectivity index (χ0v) is 13.4. The molecule has 0 bridgehead atoms. The molecule has 102 valence electrons. The molecule has 18 heavy (non-hydrogen) atoms. The molecule has 0 unspecified atom stereocenters. The predicted octanol–water partition coefficient (Wildman–Crippen LogP) is 2.19. The Labute approximate surface area is 112 Å². The standard InChI is InChI=1S/C13H26BNO2Si/c1-10(2)18(11(3)4,12(5)6)15-8-7-13(9-15)14(16)17/h7-12,16-17H,1-6H3. The van der Waals surface area contributed by atoms with E-state index in [9.17, 15) is 10.0 Å². The lowest BCUT2D eigenvalue weighted by atomic mass is 9.83. The Morgan fingerprint density at radius 3 is 1.72 bits per heavy atom. The largest absolute Gasteiger partial charge is 0.489 e. The second-order valence-corrected chi connectivity index (χ2v) is 11.8. The number of nitrogens with zero attached hydrogens (tertiary/aromatic N) is 1. The molecule has 1 aromatic rings. The van der Waals surface area contributed by atoms with Gasteiger partial charge in [-0.2, -0.15) is 0 Å². The van der Waals surface area contributed by atoms with Gasteiger partial charge in [0.2, 0.25) is 0 Å². The Morgan fingerprint density at radius 1 is 1.00 bits per heavy atom. The second-order valence-electron chi connectivity index (χ2n) is 6.08. The van der Waals surface area contributed by atoms with Crippen molar-refractivity contribution in [3.05, 3.63) is 18.5 Å². The Bertz CT molecular complexity index is 366. The van der Waals surface area contributed by atoms with Crippen molar-refractivity contribution in [1.82, 2.24) is 4.23 Å². The maximum atomic E-state index is 9.28. The number of hydrogen-bond donors (Lipinski definition) is 2. The van der Waals surface area contributed by atoms with Crippen molar-refractivity contribution >= 4 is 20.8 Å². The minimum atomic E-state index is -1.73. The van der Waals surface area contributed by atoms with E-state index >= 15 is 0 Å². The van der Waals surface area contributed by atoms with Crippen LogP contribution in [0.1, 0.15) is 41.5 Å². The van der Waals surface area contributed by atoms with Crippen molar-refractivity contribution in [2.24, 2.45) is 0 Å². The van der Waals surface area contributed by atoms with Gasteiger partial charge in [0.05, 0.1) is 0 Å². The highest BCUT2D eigenvalue weighted by molar-refractivity contribution is 6.82. The van der Waals surface area contributed by atoms with E-state index in [0.29, 0.717) is 22.1 Å². The molecule has 0 amide bonds. The molecule has 0 atom stereocenters. The highest BCUT2D eigenvalue weighted by Gasteiger charge is 2.45. The zero-order chi connectivity index (χ0) is 14.1. The molecule has 0 fully saturated rings. The van der Waals surface area contributed by atoms with Crippen molar-refractivity contribution in [3.8, 4) is 0 Å². The van der Waals surface area contributed by atoms with Crippen LogP contribution < -0.4 is 5.46 Å². The van der Waals surface area contributed by atoms with Crippen LogP contribution in [0.25, 0.3) is 0 Å². The molecule has 0 aliphatic heterocycles. The second kappa shape index (κ2) is 5.63. The first-order valence-electron chi connectivity index (χ1n) is 6.79. The van der Waals surface area contributed by atoms with Gasteiger partial charge in [0.1, 0.15) is 0 Å². The highest BCUT2D eigenvalue weighted by Crippen LogP contribution is 2.42. The van der Waals surface area contributed by atoms with Gasteiger partial charge in [0, 0.05) is 0 Å². The molecule has 0 aliphatic rings. The topological polar surface area (TPSA) is 45.4 Å². The van der Waals surface area contributed by atoms with Crippen LogP contribution in [0.4, 0.5) is 0 Å². The van der Waals surface area contributed by atoms with E-state index in [0.717, 1.165) is 0 Å². The number of hydrogen-bond acceptors (Lipinski definition) is 2. The maximum Gasteiger partial charge on any atom is 0.489 e. The maximum absolute atomic E-state index is 9.28. The highest BCUT2D eigenvalue weighted by atomic mass is 28.3. The minimum absolute atomic E-state index is 0.592. The van der Waals surface area contributed by atoms with Crippen molar-refractivity contribution in [2.75, 3.05) is 0 Å². The minimum Gasteiger partial charge on any atom is -0.423 e. The summed E-state index contributed by atoms with van der Waals surface area (Å²) in [5, 5.41) is 18.6. The lowest BCUT2D eigenvalue weighted by Crippen LogP contribution is -2.51. The van der Waals surface area contributed by atoms with Gasteiger partial charge in [-0.1, -0.05) is 41.5 Å². The van der Waals surface area contributed by atoms with E-state index in [4.69, 9.17) is 0 Å². The van der Waals surface area contributed by atoms with E-state index in [1.54, 1.807) is 0 Å². The Morgan fingerprint density at radius 2 is 1.44 bits per heavy atom. The van der Waals surface area contributed by atoms with Gasteiger partial charge >= 0.3 is 7.12 Å². The molecular formula is C13H26BNO2Si. The summed E-state index contributed by atoms with van der Waals surface area (Å²) in [4.78, 5) is 0. The lowest BCUT2D eigenvalue weighted by Gasteiger charge is -2.44. The Hall–Kier alpha value is -0.518. The summed E-state index contributed by atoms with van der Waals surface area (Å²) in [5.41, 5.74) is 2.41. The third-order valence-corrected chi connectivity index (χ3v) is 11.0. The monoisotopic (exact) mass is 267 g/mol. The Kier molecular flexibility index (Phi) is 4.86.